The number of rotatable bonds is 9. The van der Waals surface area contributed by atoms with Crippen molar-refractivity contribution >= 4 is 34.6 Å². The quantitative estimate of drug-likeness (QED) is 0.203. The molecular weight excluding hydrogens is 571 g/mol. The Morgan fingerprint density at radius 2 is 1.89 bits per heavy atom. The van der Waals surface area contributed by atoms with Gasteiger partial charge in [-0.3, -0.25) is 9.59 Å². The zero-order valence-electron chi connectivity index (χ0n) is 24.0. The Kier molecular flexibility index (Phi) is 8.16. The van der Waals surface area contributed by atoms with Gasteiger partial charge in [-0.1, -0.05) is 6.07 Å². The van der Waals surface area contributed by atoms with E-state index in [0.29, 0.717) is 40.3 Å². The number of aromatic nitrogens is 1. The number of pyridine rings is 1. The van der Waals surface area contributed by atoms with Gasteiger partial charge in [0.05, 0.1) is 6.10 Å². The summed E-state index contributed by atoms with van der Waals surface area (Å²) in [7, 11) is 0. The normalized spacial score (nSPS) is 16.8. The number of anilines is 1. The summed E-state index contributed by atoms with van der Waals surface area (Å²) in [5.41, 5.74) is 7.82. The van der Waals surface area contributed by atoms with Crippen molar-refractivity contribution in [2.75, 3.05) is 18.8 Å². The third kappa shape index (κ3) is 6.64. The van der Waals surface area contributed by atoms with Gasteiger partial charge in [0.15, 0.2) is 17.1 Å². The molecule has 4 aromatic rings. The Hall–Kier alpha value is -4.60. The van der Waals surface area contributed by atoms with E-state index >= 15 is 4.39 Å². The van der Waals surface area contributed by atoms with Crippen molar-refractivity contribution in [2.45, 2.75) is 57.0 Å². The minimum Gasteiger partial charge on any atom is -0.486 e. The molecule has 2 aromatic carbocycles. The number of nitrogen functional groups attached to an aromatic ring is 1. The van der Waals surface area contributed by atoms with Crippen LogP contribution in [0, 0.1) is 5.82 Å². The van der Waals surface area contributed by atoms with Gasteiger partial charge in [-0.15, -0.1) is 0 Å². The minimum atomic E-state index is -2.78. The number of carbonyl (C=O) groups excluding carboxylic acids is 2. The van der Waals surface area contributed by atoms with Gasteiger partial charge in [-0.05, 0) is 85.0 Å². The van der Waals surface area contributed by atoms with E-state index in [2.05, 4.69) is 4.98 Å². The van der Waals surface area contributed by atoms with Gasteiger partial charge in [0.25, 0.3) is 11.8 Å². The van der Waals surface area contributed by atoms with Crippen LogP contribution in [0.15, 0.2) is 65.2 Å². The highest BCUT2D eigenvalue weighted by atomic mass is 19.3. The molecule has 0 spiro atoms. The minimum absolute atomic E-state index is 0.0401. The van der Waals surface area contributed by atoms with E-state index in [-0.39, 0.29) is 42.5 Å². The third-order valence-electron chi connectivity index (χ3n) is 8.18. The number of piperidine rings is 1. The van der Waals surface area contributed by atoms with Crippen molar-refractivity contribution in [1.82, 2.24) is 9.88 Å². The zero-order valence-corrected chi connectivity index (χ0v) is 24.0. The summed E-state index contributed by atoms with van der Waals surface area (Å²) in [5.74, 6) is -2.44. The summed E-state index contributed by atoms with van der Waals surface area (Å²) in [6.45, 7) is -0.142. The van der Waals surface area contributed by atoms with Crippen LogP contribution in [0.1, 0.15) is 60.2 Å². The van der Waals surface area contributed by atoms with Gasteiger partial charge in [0, 0.05) is 61.5 Å². The molecule has 2 aromatic heterocycles. The van der Waals surface area contributed by atoms with Gasteiger partial charge in [-0.25, -0.2) is 18.2 Å². The molecule has 7 nitrogen and oxygen atoms in total. The Labute approximate surface area is 252 Å². The van der Waals surface area contributed by atoms with E-state index in [0.717, 1.165) is 30.9 Å². The maximum atomic E-state index is 15.5. The van der Waals surface area contributed by atoms with Gasteiger partial charge < -0.3 is 19.8 Å². The molecule has 2 fully saturated rings. The number of carbonyl (C=O) groups is 2. The Morgan fingerprint density at radius 3 is 2.57 bits per heavy atom. The average molecular weight is 604 g/mol. The smallest absolute Gasteiger partial charge is 0.253 e. The van der Waals surface area contributed by atoms with Crippen molar-refractivity contribution in [3.05, 3.63) is 83.5 Å². The second-order valence-corrected chi connectivity index (χ2v) is 11.4. The lowest BCUT2D eigenvalue weighted by Gasteiger charge is -2.31. The van der Waals surface area contributed by atoms with Gasteiger partial charge in [0.1, 0.15) is 17.4 Å². The lowest BCUT2D eigenvalue weighted by molar-refractivity contribution is -0.114. The van der Waals surface area contributed by atoms with Crippen LogP contribution in [0.3, 0.4) is 0 Å². The van der Waals surface area contributed by atoms with Crippen LogP contribution < -0.4 is 10.5 Å². The molecule has 228 valence electrons. The zero-order chi connectivity index (χ0) is 30.8. The number of nitrogens with zero attached hydrogens (tertiary/aromatic N) is 2. The standard InChI is InChI=1S/C34H32F3N3O4/c35-29-18-22(33(42)40-14-12-34(36,37)13-15-40)6-10-28(29)23-16-24-17-27(44-32(24)30(19-23)43-26-2-1-3-26)9-8-25(41)7-4-21-5-11-31(38)39-20-21/h4-7,10-11,16-20,26H,1-3,8-9,12-15H2,(H2,38,39)/b7-4+. The molecule has 6 rings (SSSR count). The summed E-state index contributed by atoms with van der Waals surface area (Å²) >= 11 is 0. The van der Waals surface area contributed by atoms with E-state index in [1.807, 2.05) is 6.07 Å². The lowest BCUT2D eigenvalue weighted by atomic mass is 9.96. The molecule has 1 saturated carbocycles. The number of amides is 1. The van der Waals surface area contributed by atoms with Crippen LogP contribution in [-0.4, -0.2) is 46.7 Å². The number of likely N-dealkylation sites (tertiary alicyclic amines) is 1. The van der Waals surface area contributed by atoms with Crippen molar-refractivity contribution in [1.29, 1.82) is 0 Å². The number of ketones is 1. The largest absolute Gasteiger partial charge is 0.486 e. The number of ether oxygens (including phenoxy) is 1. The summed E-state index contributed by atoms with van der Waals surface area (Å²) in [6.07, 6.45) is 7.49. The number of alkyl halides is 2. The molecular formula is C34H32F3N3O4. The lowest BCUT2D eigenvalue weighted by Crippen LogP contribution is -2.42. The summed E-state index contributed by atoms with van der Waals surface area (Å²) in [4.78, 5) is 30.7. The highest BCUT2D eigenvalue weighted by Crippen LogP contribution is 2.38. The van der Waals surface area contributed by atoms with Gasteiger partial charge >= 0.3 is 0 Å². The molecule has 2 aliphatic rings. The number of halogens is 3. The second kappa shape index (κ2) is 12.2. The molecule has 2 N–H and O–H groups in total. The van der Waals surface area contributed by atoms with Crippen molar-refractivity contribution in [3.8, 4) is 16.9 Å². The molecule has 1 amide bonds. The first-order valence-corrected chi connectivity index (χ1v) is 14.8. The van der Waals surface area contributed by atoms with E-state index in [1.54, 1.807) is 36.5 Å². The molecule has 0 unspecified atom stereocenters. The first-order valence-electron chi connectivity index (χ1n) is 14.8. The molecule has 0 atom stereocenters. The molecule has 1 saturated heterocycles. The molecule has 0 bridgehead atoms. The Morgan fingerprint density at radius 1 is 1.09 bits per heavy atom. The summed E-state index contributed by atoms with van der Waals surface area (Å²) in [6, 6.07) is 13.0. The maximum absolute atomic E-state index is 15.5. The van der Waals surface area contributed by atoms with Crippen LogP contribution in [0.2, 0.25) is 0 Å². The highest BCUT2D eigenvalue weighted by molar-refractivity contribution is 5.96. The van der Waals surface area contributed by atoms with E-state index < -0.39 is 30.5 Å². The highest BCUT2D eigenvalue weighted by Gasteiger charge is 2.36. The molecule has 1 aliphatic carbocycles. The summed E-state index contributed by atoms with van der Waals surface area (Å²) in [5, 5.41) is 0.705. The number of furan rings is 1. The van der Waals surface area contributed by atoms with Crippen LogP contribution in [0.4, 0.5) is 19.0 Å². The Bertz CT molecular complexity index is 1720. The first-order chi connectivity index (χ1) is 21.1. The van der Waals surface area contributed by atoms with Crippen LogP contribution in [0.5, 0.6) is 5.75 Å². The number of benzene rings is 2. The molecule has 0 radical (unpaired) electrons. The first kappa shape index (κ1) is 29.5. The SMILES string of the molecule is Nc1ccc(/C=C/C(=O)CCc2cc3cc(-c4ccc(C(=O)N5CCC(F)(F)CC5)cc4F)cc(OC4CCC4)c3o2)cn1. The fourth-order valence-electron chi connectivity index (χ4n) is 5.34. The molecule has 1 aliphatic heterocycles. The molecule has 10 heteroatoms. The third-order valence-corrected chi connectivity index (χ3v) is 8.18. The van der Waals surface area contributed by atoms with Crippen molar-refractivity contribution in [2.24, 2.45) is 0 Å². The number of hydrogen-bond acceptors (Lipinski definition) is 6. The van der Waals surface area contributed by atoms with E-state index in [4.69, 9.17) is 14.9 Å². The maximum Gasteiger partial charge on any atom is 0.253 e. The average Bonchev–Trinajstić information content (AvgIpc) is 3.40. The van der Waals surface area contributed by atoms with Gasteiger partial charge in [0.2, 0.25) is 0 Å². The van der Waals surface area contributed by atoms with Gasteiger partial charge in [-0.2, -0.15) is 0 Å². The second-order valence-electron chi connectivity index (χ2n) is 11.4. The molecule has 44 heavy (non-hydrogen) atoms. The number of aryl methyl sites for hydroxylation is 1. The van der Waals surface area contributed by atoms with E-state index in [9.17, 15) is 18.4 Å². The van der Waals surface area contributed by atoms with Crippen LogP contribution >= 0.6 is 0 Å². The van der Waals surface area contributed by atoms with Crippen molar-refractivity contribution in [3.63, 3.8) is 0 Å². The number of fused-ring (bicyclic) bond motifs is 1. The summed E-state index contributed by atoms with van der Waals surface area (Å²) < 4.78 is 54.9. The predicted octanol–water partition coefficient (Wildman–Crippen LogP) is 7.23. The molecule has 3 heterocycles. The fourth-order valence-corrected chi connectivity index (χ4v) is 5.34. The fraction of sp³-hybridized carbons (Fsp3) is 0.324. The monoisotopic (exact) mass is 603 g/mol. The number of nitrogens with two attached hydrogens (primary N) is 1. The van der Waals surface area contributed by atoms with Crippen molar-refractivity contribution < 1.29 is 31.9 Å². The topological polar surface area (TPSA) is 98.7 Å². The predicted molar refractivity (Wildman–Crippen MR) is 161 cm³/mol. The van der Waals surface area contributed by atoms with E-state index in [1.165, 1.54) is 23.1 Å². The number of allylic oxidation sites excluding steroid dienone is 1. The number of hydrogen-bond donors (Lipinski definition) is 1. The Balaban J connectivity index is 1.21. The van der Waals surface area contributed by atoms with Crippen LogP contribution in [0.25, 0.3) is 28.2 Å². The van der Waals surface area contributed by atoms with Crippen LogP contribution in [-0.2, 0) is 11.2 Å².